The summed E-state index contributed by atoms with van der Waals surface area (Å²) in [5.74, 6) is 0.0520. The fourth-order valence-electron chi connectivity index (χ4n) is 2.39. The van der Waals surface area contributed by atoms with Crippen molar-refractivity contribution in [2.75, 3.05) is 0 Å². The first-order valence-electron chi connectivity index (χ1n) is 7.48. The molecule has 0 aliphatic carbocycles. The van der Waals surface area contributed by atoms with Crippen LogP contribution in [0.1, 0.15) is 29.2 Å². The Morgan fingerprint density at radius 2 is 1.33 bits per heavy atom. The number of aryl methyl sites for hydroxylation is 1. The van der Waals surface area contributed by atoms with Crippen LogP contribution in [0.5, 0.6) is 0 Å². The standard InChI is InChI=1S/C19H15F3N2/c1-12-10-11-23-19(24-12)15-4-2-13(3-5-15)17(21)18(22)14-6-8-16(20)9-7-14/h2-11,17-18H,1H3. The number of hydrogen-bond acceptors (Lipinski definition) is 2. The van der Waals surface area contributed by atoms with E-state index in [1.54, 1.807) is 24.4 Å². The highest BCUT2D eigenvalue weighted by molar-refractivity contribution is 5.55. The fourth-order valence-corrected chi connectivity index (χ4v) is 2.39. The molecular formula is C19H15F3N2. The molecule has 0 amide bonds. The van der Waals surface area contributed by atoms with Crippen molar-refractivity contribution in [2.24, 2.45) is 0 Å². The Bertz CT molecular complexity index is 817. The third kappa shape index (κ3) is 3.45. The largest absolute Gasteiger partial charge is 0.239 e. The number of benzene rings is 2. The molecule has 122 valence electrons. The molecule has 3 aromatic rings. The Kier molecular flexibility index (Phi) is 4.60. The minimum atomic E-state index is -1.85. The zero-order valence-corrected chi connectivity index (χ0v) is 13.0. The van der Waals surface area contributed by atoms with E-state index in [-0.39, 0.29) is 11.1 Å². The van der Waals surface area contributed by atoms with Crippen LogP contribution in [-0.4, -0.2) is 9.97 Å². The van der Waals surface area contributed by atoms with E-state index in [0.717, 1.165) is 23.4 Å². The molecule has 1 heterocycles. The Morgan fingerprint density at radius 1 is 0.792 bits per heavy atom. The minimum absolute atomic E-state index is 0.106. The van der Waals surface area contributed by atoms with Crippen molar-refractivity contribution in [1.82, 2.24) is 9.97 Å². The summed E-state index contributed by atoms with van der Waals surface area (Å²) in [6, 6.07) is 12.9. The molecule has 0 saturated carbocycles. The van der Waals surface area contributed by atoms with E-state index in [1.165, 1.54) is 24.3 Å². The first-order valence-corrected chi connectivity index (χ1v) is 7.48. The number of rotatable bonds is 4. The molecule has 2 atom stereocenters. The van der Waals surface area contributed by atoms with Gasteiger partial charge in [0, 0.05) is 17.5 Å². The van der Waals surface area contributed by atoms with Gasteiger partial charge in [0.2, 0.25) is 0 Å². The van der Waals surface area contributed by atoms with Gasteiger partial charge in [0.05, 0.1) is 0 Å². The summed E-state index contributed by atoms with van der Waals surface area (Å²) in [7, 11) is 0. The molecule has 0 bridgehead atoms. The molecule has 0 aliphatic heterocycles. The summed E-state index contributed by atoms with van der Waals surface area (Å²) < 4.78 is 41.6. The average Bonchev–Trinajstić information content (AvgIpc) is 2.61. The van der Waals surface area contributed by atoms with Crippen LogP contribution in [0.15, 0.2) is 60.8 Å². The van der Waals surface area contributed by atoms with Gasteiger partial charge in [0.1, 0.15) is 5.82 Å². The van der Waals surface area contributed by atoms with Gasteiger partial charge in [0.15, 0.2) is 18.2 Å². The van der Waals surface area contributed by atoms with E-state index in [9.17, 15) is 13.2 Å². The SMILES string of the molecule is Cc1ccnc(-c2ccc(C(F)C(F)c3ccc(F)cc3)cc2)n1. The second kappa shape index (κ2) is 6.83. The third-order valence-electron chi connectivity index (χ3n) is 3.73. The maximum absolute atomic E-state index is 14.4. The Hall–Kier alpha value is -2.69. The summed E-state index contributed by atoms with van der Waals surface area (Å²) in [6.07, 6.45) is -2.04. The normalized spacial score (nSPS) is 13.5. The lowest BCUT2D eigenvalue weighted by Gasteiger charge is -2.14. The molecule has 5 heteroatoms. The summed E-state index contributed by atoms with van der Waals surface area (Å²) in [5, 5.41) is 0. The van der Waals surface area contributed by atoms with Gasteiger partial charge in [-0.1, -0.05) is 36.4 Å². The van der Waals surface area contributed by atoms with Crippen LogP contribution < -0.4 is 0 Å². The lowest BCUT2D eigenvalue weighted by Crippen LogP contribution is -2.02. The summed E-state index contributed by atoms with van der Waals surface area (Å²) >= 11 is 0. The van der Waals surface area contributed by atoms with Crippen molar-refractivity contribution in [3.8, 4) is 11.4 Å². The third-order valence-corrected chi connectivity index (χ3v) is 3.73. The Balaban J connectivity index is 1.80. The first kappa shape index (κ1) is 16.2. The number of hydrogen-bond donors (Lipinski definition) is 0. The highest BCUT2D eigenvalue weighted by Gasteiger charge is 2.24. The van der Waals surface area contributed by atoms with Crippen molar-refractivity contribution in [3.05, 3.63) is 83.4 Å². The highest BCUT2D eigenvalue weighted by atomic mass is 19.2. The van der Waals surface area contributed by atoms with Crippen LogP contribution in [0.2, 0.25) is 0 Å². The smallest absolute Gasteiger partial charge is 0.160 e. The molecule has 1 aromatic heterocycles. The van der Waals surface area contributed by atoms with Crippen molar-refractivity contribution in [3.63, 3.8) is 0 Å². The lowest BCUT2D eigenvalue weighted by molar-refractivity contribution is 0.170. The molecule has 0 spiro atoms. The first-order chi connectivity index (χ1) is 11.5. The summed E-state index contributed by atoms with van der Waals surface area (Å²) in [5.41, 5.74) is 1.87. The molecule has 0 N–H and O–H groups in total. The van der Waals surface area contributed by atoms with Crippen molar-refractivity contribution in [1.29, 1.82) is 0 Å². The van der Waals surface area contributed by atoms with Gasteiger partial charge in [-0.3, -0.25) is 0 Å². The van der Waals surface area contributed by atoms with Crippen LogP contribution >= 0.6 is 0 Å². The molecule has 3 rings (SSSR count). The number of alkyl halides is 2. The quantitative estimate of drug-likeness (QED) is 0.648. The monoisotopic (exact) mass is 328 g/mol. The van der Waals surface area contributed by atoms with Gasteiger partial charge < -0.3 is 0 Å². The van der Waals surface area contributed by atoms with Gasteiger partial charge >= 0.3 is 0 Å². The molecule has 0 fully saturated rings. The molecular weight excluding hydrogens is 313 g/mol. The van der Waals surface area contributed by atoms with Crippen LogP contribution in [-0.2, 0) is 0 Å². The maximum Gasteiger partial charge on any atom is 0.160 e. The fraction of sp³-hybridized carbons (Fsp3) is 0.158. The number of halogens is 3. The van der Waals surface area contributed by atoms with Gasteiger partial charge in [-0.05, 0) is 36.2 Å². The zero-order chi connectivity index (χ0) is 17.1. The number of aromatic nitrogens is 2. The second-order valence-corrected chi connectivity index (χ2v) is 5.50. The molecule has 0 saturated heterocycles. The van der Waals surface area contributed by atoms with E-state index >= 15 is 0 Å². The van der Waals surface area contributed by atoms with Crippen LogP contribution in [0.25, 0.3) is 11.4 Å². The van der Waals surface area contributed by atoms with Crippen molar-refractivity contribution < 1.29 is 13.2 Å². The predicted octanol–water partition coefficient (Wildman–Crippen LogP) is 5.31. The molecule has 2 aromatic carbocycles. The Morgan fingerprint density at radius 3 is 1.88 bits per heavy atom. The van der Waals surface area contributed by atoms with E-state index in [2.05, 4.69) is 9.97 Å². The highest BCUT2D eigenvalue weighted by Crippen LogP contribution is 2.36. The average molecular weight is 328 g/mol. The summed E-state index contributed by atoms with van der Waals surface area (Å²) in [6.45, 7) is 1.85. The molecule has 0 radical (unpaired) electrons. The van der Waals surface area contributed by atoms with Crippen LogP contribution in [0.3, 0.4) is 0 Å². The molecule has 0 aliphatic rings. The van der Waals surface area contributed by atoms with E-state index in [0.29, 0.717) is 5.82 Å². The minimum Gasteiger partial charge on any atom is -0.239 e. The summed E-state index contributed by atoms with van der Waals surface area (Å²) in [4.78, 5) is 8.46. The molecule has 24 heavy (non-hydrogen) atoms. The van der Waals surface area contributed by atoms with Gasteiger partial charge in [0.25, 0.3) is 0 Å². The maximum atomic E-state index is 14.4. The molecule has 2 unspecified atom stereocenters. The number of nitrogens with zero attached hydrogens (tertiary/aromatic N) is 2. The van der Waals surface area contributed by atoms with E-state index < -0.39 is 18.2 Å². The van der Waals surface area contributed by atoms with E-state index in [1.807, 2.05) is 6.92 Å². The van der Waals surface area contributed by atoms with E-state index in [4.69, 9.17) is 0 Å². The van der Waals surface area contributed by atoms with Crippen molar-refractivity contribution >= 4 is 0 Å². The van der Waals surface area contributed by atoms with Crippen LogP contribution in [0, 0.1) is 12.7 Å². The van der Waals surface area contributed by atoms with Crippen LogP contribution in [0.4, 0.5) is 13.2 Å². The molecule has 2 nitrogen and oxygen atoms in total. The zero-order valence-electron chi connectivity index (χ0n) is 13.0. The topological polar surface area (TPSA) is 25.8 Å². The lowest BCUT2D eigenvalue weighted by atomic mass is 9.99. The predicted molar refractivity (Wildman–Crippen MR) is 86.3 cm³/mol. The van der Waals surface area contributed by atoms with Gasteiger partial charge in [-0.2, -0.15) is 0 Å². The van der Waals surface area contributed by atoms with Crippen molar-refractivity contribution in [2.45, 2.75) is 19.3 Å². The second-order valence-electron chi connectivity index (χ2n) is 5.50. The Labute approximate surface area is 138 Å². The van der Waals surface area contributed by atoms with Gasteiger partial charge in [-0.15, -0.1) is 0 Å². The van der Waals surface area contributed by atoms with Gasteiger partial charge in [-0.25, -0.2) is 23.1 Å².